The zero-order valence-electron chi connectivity index (χ0n) is 10.7. The summed E-state index contributed by atoms with van der Waals surface area (Å²) >= 11 is 0. The third kappa shape index (κ3) is 2.94. The topological polar surface area (TPSA) is 94.1 Å². The Labute approximate surface area is 109 Å². The monoisotopic (exact) mass is 262 g/mol. The van der Waals surface area contributed by atoms with Gasteiger partial charge in [0.2, 0.25) is 0 Å². The van der Waals surface area contributed by atoms with E-state index in [0.29, 0.717) is 17.9 Å². The van der Waals surface area contributed by atoms with Crippen LogP contribution in [-0.4, -0.2) is 21.6 Å². The van der Waals surface area contributed by atoms with E-state index in [-0.39, 0.29) is 11.6 Å². The van der Waals surface area contributed by atoms with Crippen molar-refractivity contribution >= 4 is 5.69 Å². The van der Waals surface area contributed by atoms with E-state index >= 15 is 0 Å². The summed E-state index contributed by atoms with van der Waals surface area (Å²) in [4.78, 5) is 14.7. The molecule has 1 N–H and O–H groups in total. The first kappa shape index (κ1) is 13.2. The summed E-state index contributed by atoms with van der Waals surface area (Å²) in [5.74, 6) is 0.649. The summed E-state index contributed by atoms with van der Waals surface area (Å²) < 4.78 is 5.09. The molecule has 0 saturated heterocycles. The van der Waals surface area contributed by atoms with Gasteiger partial charge in [-0.05, 0) is 25.1 Å². The summed E-state index contributed by atoms with van der Waals surface area (Å²) in [6, 6.07) is 4.79. The molecule has 2 aromatic rings. The molecule has 0 aliphatic heterocycles. The van der Waals surface area contributed by atoms with E-state index in [1.807, 2.05) is 13.8 Å². The first-order chi connectivity index (χ1) is 9.11. The van der Waals surface area contributed by atoms with Crippen LogP contribution in [0.4, 0.5) is 5.69 Å². The Balaban J connectivity index is 2.37. The van der Waals surface area contributed by atoms with E-state index in [9.17, 15) is 10.1 Å². The maximum atomic E-state index is 11.0. The molecule has 0 unspecified atom stereocenters. The predicted molar refractivity (Wildman–Crippen MR) is 68.5 cm³/mol. The van der Waals surface area contributed by atoms with Crippen molar-refractivity contribution < 1.29 is 9.45 Å². The lowest BCUT2D eigenvalue weighted by molar-refractivity contribution is -0.384. The average Bonchev–Trinajstić information content (AvgIpc) is 2.84. The van der Waals surface area contributed by atoms with Gasteiger partial charge in [0.1, 0.15) is 5.56 Å². The third-order valence-corrected chi connectivity index (χ3v) is 2.58. The van der Waals surface area contributed by atoms with Gasteiger partial charge >= 0.3 is 0 Å². The number of nitro groups is 1. The van der Waals surface area contributed by atoms with Crippen LogP contribution in [0.3, 0.4) is 0 Å². The highest BCUT2D eigenvalue weighted by Crippen LogP contribution is 2.29. The maximum Gasteiger partial charge on any atom is 0.282 e. The molecule has 0 amide bonds. The highest BCUT2D eigenvalue weighted by Gasteiger charge is 2.20. The molecule has 1 aromatic heterocycles. The van der Waals surface area contributed by atoms with Crippen LogP contribution in [-0.2, 0) is 6.54 Å². The van der Waals surface area contributed by atoms with Crippen LogP contribution in [0, 0.1) is 17.0 Å². The van der Waals surface area contributed by atoms with Crippen LogP contribution in [0.2, 0.25) is 0 Å². The van der Waals surface area contributed by atoms with Crippen molar-refractivity contribution in [2.75, 3.05) is 6.54 Å². The summed E-state index contributed by atoms with van der Waals surface area (Å²) in [6.45, 7) is 5.07. The second kappa shape index (κ2) is 5.57. The van der Waals surface area contributed by atoms with Crippen molar-refractivity contribution in [2.24, 2.45) is 0 Å². The zero-order valence-corrected chi connectivity index (χ0v) is 10.7. The smallest absolute Gasteiger partial charge is 0.282 e. The third-order valence-electron chi connectivity index (χ3n) is 2.58. The molecule has 1 aromatic carbocycles. The molecule has 0 fully saturated rings. The molecule has 100 valence electrons. The molecule has 0 aliphatic rings. The molecule has 7 heteroatoms. The van der Waals surface area contributed by atoms with Crippen LogP contribution in [0.25, 0.3) is 11.5 Å². The number of hydrogen-bond donors (Lipinski definition) is 1. The SMILES string of the molecule is CCNCc1noc(-c2cc(C)ccc2[N+](=O)[O-])n1. The predicted octanol–water partition coefficient (Wildman–Crippen LogP) is 2.06. The number of benzene rings is 1. The van der Waals surface area contributed by atoms with Gasteiger partial charge in [0.05, 0.1) is 11.5 Å². The Morgan fingerprint density at radius 1 is 1.47 bits per heavy atom. The van der Waals surface area contributed by atoms with Gasteiger partial charge < -0.3 is 9.84 Å². The normalized spacial score (nSPS) is 10.6. The fourth-order valence-electron chi connectivity index (χ4n) is 1.65. The van der Waals surface area contributed by atoms with Crippen molar-refractivity contribution in [3.8, 4) is 11.5 Å². The van der Waals surface area contributed by atoms with E-state index in [1.165, 1.54) is 6.07 Å². The minimum Gasteiger partial charge on any atom is -0.334 e. The lowest BCUT2D eigenvalue weighted by atomic mass is 10.1. The van der Waals surface area contributed by atoms with Gasteiger partial charge in [0, 0.05) is 6.07 Å². The van der Waals surface area contributed by atoms with Crippen LogP contribution < -0.4 is 5.32 Å². The second-order valence-electron chi connectivity index (χ2n) is 4.07. The lowest BCUT2D eigenvalue weighted by Gasteiger charge is -1.99. The Kier molecular flexibility index (Phi) is 3.86. The fraction of sp³-hybridized carbons (Fsp3) is 0.333. The molecule has 19 heavy (non-hydrogen) atoms. The van der Waals surface area contributed by atoms with Crippen molar-refractivity contribution in [3.05, 3.63) is 39.7 Å². The zero-order chi connectivity index (χ0) is 13.8. The molecule has 0 spiro atoms. The van der Waals surface area contributed by atoms with Gasteiger partial charge in [0.25, 0.3) is 11.6 Å². The summed E-state index contributed by atoms with van der Waals surface area (Å²) in [5, 5.41) is 17.8. The minimum absolute atomic E-state index is 0.0377. The lowest BCUT2D eigenvalue weighted by Crippen LogP contribution is -2.12. The number of aromatic nitrogens is 2. The van der Waals surface area contributed by atoms with Crippen molar-refractivity contribution in [2.45, 2.75) is 20.4 Å². The van der Waals surface area contributed by atoms with Crippen molar-refractivity contribution in [3.63, 3.8) is 0 Å². The molecule has 7 nitrogen and oxygen atoms in total. The number of nitrogens with one attached hydrogen (secondary N) is 1. The Bertz CT molecular complexity index is 594. The quantitative estimate of drug-likeness (QED) is 0.654. The van der Waals surface area contributed by atoms with Crippen LogP contribution in [0.5, 0.6) is 0 Å². The molecule has 0 atom stereocenters. The summed E-state index contributed by atoms with van der Waals surface area (Å²) in [5.41, 5.74) is 1.21. The molecule has 1 heterocycles. The minimum atomic E-state index is -0.455. The van der Waals surface area contributed by atoms with Crippen LogP contribution in [0.15, 0.2) is 22.7 Å². The van der Waals surface area contributed by atoms with Gasteiger partial charge in [-0.2, -0.15) is 4.98 Å². The maximum absolute atomic E-state index is 11.0. The molecule has 2 rings (SSSR count). The van der Waals surface area contributed by atoms with Crippen molar-refractivity contribution in [1.29, 1.82) is 0 Å². The van der Waals surface area contributed by atoms with E-state index in [4.69, 9.17) is 4.52 Å². The molecule has 0 radical (unpaired) electrons. The number of hydrogen-bond acceptors (Lipinski definition) is 6. The van der Waals surface area contributed by atoms with Crippen LogP contribution >= 0.6 is 0 Å². The van der Waals surface area contributed by atoms with Crippen LogP contribution in [0.1, 0.15) is 18.3 Å². The molecular weight excluding hydrogens is 248 g/mol. The number of nitro benzene ring substituents is 1. The standard InChI is InChI=1S/C12H14N4O3/c1-3-13-7-11-14-12(19-15-11)9-6-8(2)4-5-10(9)16(17)18/h4-6,13H,3,7H2,1-2H3. The largest absolute Gasteiger partial charge is 0.334 e. The van der Waals surface area contributed by atoms with Gasteiger partial charge in [-0.3, -0.25) is 10.1 Å². The Morgan fingerprint density at radius 3 is 2.95 bits per heavy atom. The number of rotatable bonds is 5. The van der Waals surface area contributed by atoms with E-state index < -0.39 is 4.92 Å². The molecule has 0 aliphatic carbocycles. The van der Waals surface area contributed by atoms with Gasteiger partial charge in [0.15, 0.2) is 5.82 Å². The van der Waals surface area contributed by atoms with Gasteiger partial charge in [-0.15, -0.1) is 0 Å². The first-order valence-electron chi connectivity index (χ1n) is 5.90. The molecule has 0 bridgehead atoms. The fourth-order valence-corrected chi connectivity index (χ4v) is 1.65. The van der Waals surface area contributed by atoms with E-state index in [0.717, 1.165) is 12.1 Å². The first-order valence-corrected chi connectivity index (χ1v) is 5.90. The summed E-state index contributed by atoms with van der Waals surface area (Å²) in [6.07, 6.45) is 0. The highest BCUT2D eigenvalue weighted by molar-refractivity contribution is 5.67. The van der Waals surface area contributed by atoms with Gasteiger partial charge in [-0.1, -0.05) is 18.1 Å². The molecule has 0 saturated carbocycles. The highest BCUT2D eigenvalue weighted by atomic mass is 16.6. The Morgan fingerprint density at radius 2 is 2.26 bits per heavy atom. The van der Waals surface area contributed by atoms with E-state index in [2.05, 4.69) is 15.5 Å². The number of nitrogens with zero attached hydrogens (tertiary/aromatic N) is 3. The van der Waals surface area contributed by atoms with E-state index in [1.54, 1.807) is 12.1 Å². The van der Waals surface area contributed by atoms with Gasteiger partial charge in [-0.25, -0.2) is 0 Å². The molecular formula is C12H14N4O3. The van der Waals surface area contributed by atoms with Crippen molar-refractivity contribution in [1.82, 2.24) is 15.5 Å². The Hall–Kier alpha value is -2.28. The number of aryl methyl sites for hydroxylation is 1. The average molecular weight is 262 g/mol. The summed E-state index contributed by atoms with van der Waals surface area (Å²) in [7, 11) is 0. The second-order valence-corrected chi connectivity index (χ2v) is 4.07.